The minimum Gasteiger partial charge on any atom is -0.491 e. The molecule has 1 aromatic rings. The Balaban J connectivity index is 2.51. The number of benzene rings is 1. The Morgan fingerprint density at radius 2 is 1.80 bits per heavy atom. The van der Waals surface area contributed by atoms with Crippen LogP contribution in [-0.4, -0.2) is 38.1 Å². The number of rotatable bonds is 10. The maximum atomic E-state index is 8.62. The van der Waals surface area contributed by atoms with Crippen molar-refractivity contribution in [2.45, 2.75) is 33.7 Å². The first-order valence-electron chi connectivity index (χ1n) is 7.31. The molecule has 4 nitrogen and oxygen atoms in total. The fourth-order valence-corrected chi connectivity index (χ4v) is 2.15. The first-order chi connectivity index (χ1) is 9.69. The van der Waals surface area contributed by atoms with Crippen molar-refractivity contribution in [3.63, 3.8) is 0 Å². The van der Waals surface area contributed by atoms with Gasteiger partial charge in [-0.2, -0.15) is 0 Å². The molecule has 2 N–H and O–H groups in total. The third-order valence-corrected chi connectivity index (χ3v) is 2.99. The summed E-state index contributed by atoms with van der Waals surface area (Å²) < 4.78 is 11.0. The largest absolute Gasteiger partial charge is 0.491 e. The zero-order valence-electron chi connectivity index (χ0n) is 12.9. The topological polar surface area (TPSA) is 50.7 Å². The van der Waals surface area contributed by atoms with Crippen molar-refractivity contribution in [2.24, 2.45) is 0 Å². The van der Waals surface area contributed by atoms with Crippen molar-refractivity contribution in [3.05, 3.63) is 28.8 Å². The van der Waals surface area contributed by atoms with Gasteiger partial charge < -0.3 is 19.9 Å². The first-order valence-corrected chi connectivity index (χ1v) is 7.31. The van der Waals surface area contributed by atoms with Gasteiger partial charge in [0.1, 0.15) is 12.4 Å². The fourth-order valence-electron chi connectivity index (χ4n) is 2.15. The summed E-state index contributed by atoms with van der Waals surface area (Å²) in [4.78, 5) is 0. The van der Waals surface area contributed by atoms with Gasteiger partial charge in [-0.1, -0.05) is 19.1 Å². The van der Waals surface area contributed by atoms with Gasteiger partial charge in [-0.3, -0.25) is 0 Å². The van der Waals surface area contributed by atoms with E-state index in [9.17, 15) is 0 Å². The minimum atomic E-state index is 0.0531. The van der Waals surface area contributed by atoms with Crippen LogP contribution in [0.15, 0.2) is 12.1 Å². The molecular formula is C16H27NO3. The minimum absolute atomic E-state index is 0.0531. The molecule has 0 atom stereocenters. The van der Waals surface area contributed by atoms with E-state index in [0.717, 1.165) is 36.4 Å². The van der Waals surface area contributed by atoms with Gasteiger partial charge in [-0.05, 0) is 43.5 Å². The Morgan fingerprint density at radius 1 is 1.10 bits per heavy atom. The van der Waals surface area contributed by atoms with Crippen molar-refractivity contribution in [2.75, 3.05) is 33.0 Å². The Bertz CT molecular complexity index is 370. The molecule has 0 spiro atoms. The lowest BCUT2D eigenvalue weighted by molar-refractivity contribution is 0.0702. The van der Waals surface area contributed by atoms with Gasteiger partial charge in [0.05, 0.1) is 19.8 Å². The zero-order chi connectivity index (χ0) is 14.8. The van der Waals surface area contributed by atoms with Crippen molar-refractivity contribution >= 4 is 0 Å². The number of aliphatic hydroxyl groups excluding tert-OH is 1. The standard InChI is InChI=1S/C16H27NO3/c1-4-5-17-12-15-10-13(2)16(14(3)11-15)20-9-8-19-7-6-18/h10-11,17-18H,4-9,12H2,1-3H3. The van der Waals surface area contributed by atoms with Gasteiger partial charge in [0.2, 0.25) is 0 Å². The molecule has 0 fully saturated rings. The van der Waals surface area contributed by atoms with Gasteiger partial charge in [0.25, 0.3) is 0 Å². The second-order valence-electron chi connectivity index (χ2n) is 4.92. The average molecular weight is 281 g/mol. The van der Waals surface area contributed by atoms with Crippen LogP contribution >= 0.6 is 0 Å². The number of hydrogen-bond acceptors (Lipinski definition) is 4. The Morgan fingerprint density at radius 3 is 2.40 bits per heavy atom. The van der Waals surface area contributed by atoms with Crippen LogP contribution in [0, 0.1) is 13.8 Å². The molecule has 0 aliphatic carbocycles. The maximum Gasteiger partial charge on any atom is 0.125 e. The van der Waals surface area contributed by atoms with Crippen LogP contribution < -0.4 is 10.1 Å². The van der Waals surface area contributed by atoms with E-state index in [4.69, 9.17) is 14.6 Å². The third kappa shape index (κ3) is 5.90. The van der Waals surface area contributed by atoms with Crippen LogP contribution in [0.5, 0.6) is 5.75 Å². The fraction of sp³-hybridized carbons (Fsp3) is 0.625. The summed E-state index contributed by atoms with van der Waals surface area (Å²) in [6, 6.07) is 4.33. The van der Waals surface area contributed by atoms with E-state index in [1.807, 2.05) is 0 Å². The van der Waals surface area contributed by atoms with Crippen LogP contribution in [0.25, 0.3) is 0 Å². The van der Waals surface area contributed by atoms with Gasteiger partial charge in [-0.25, -0.2) is 0 Å². The third-order valence-electron chi connectivity index (χ3n) is 2.99. The van der Waals surface area contributed by atoms with Crippen LogP contribution in [-0.2, 0) is 11.3 Å². The number of ether oxygens (including phenoxy) is 2. The van der Waals surface area contributed by atoms with Crippen molar-refractivity contribution in [1.82, 2.24) is 5.32 Å². The highest BCUT2D eigenvalue weighted by Crippen LogP contribution is 2.24. The molecule has 0 aromatic heterocycles. The number of nitrogens with one attached hydrogen (secondary N) is 1. The molecule has 0 amide bonds. The molecule has 4 heteroatoms. The highest BCUT2D eigenvalue weighted by atomic mass is 16.5. The van der Waals surface area contributed by atoms with E-state index in [-0.39, 0.29) is 6.61 Å². The van der Waals surface area contributed by atoms with Gasteiger partial charge in [0.15, 0.2) is 0 Å². The monoisotopic (exact) mass is 281 g/mol. The second kappa shape index (κ2) is 9.75. The summed E-state index contributed by atoms with van der Waals surface area (Å²) in [6.45, 7) is 9.67. The van der Waals surface area contributed by atoms with Gasteiger partial charge >= 0.3 is 0 Å². The Hall–Kier alpha value is -1.10. The average Bonchev–Trinajstić information content (AvgIpc) is 2.41. The molecule has 114 valence electrons. The molecule has 0 radical (unpaired) electrons. The van der Waals surface area contributed by atoms with E-state index in [2.05, 4.69) is 38.2 Å². The summed E-state index contributed by atoms with van der Waals surface area (Å²) in [6.07, 6.45) is 1.15. The second-order valence-corrected chi connectivity index (χ2v) is 4.92. The summed E-state index contributed by atoms with van der Waals surface area (Å²) in [5.41, 5.74) is 3.60. The predicted molar refractivity (Wildman–Crippen MR) is 81.3 cm³/mol. The van der Waals surface area contributed by atoms with E-state index in [1.54, 1.807) is 0 Å². The predicted octanol–water partition coefficient (Wildman–Crippen LogP) is 2.19. The van der Waals surface area contributed by atoms with Crippen molar-refractivity contribution in [3.8, 4) is 5.75 Å². The molecule has 0 bridgehead atoms. The molecule has 0 heterocycles. The zero-order valence-corrected chi connectivity index (χ0v) is 12.9. The Kier molecular flexibility index (Phi) is 8.26. The number of aliphatic hydroxyl groups is 1. The first kappa shape index (κ1) is 17.0. The van der Waals surface area contributed by atoms with Gasteiger partial charge in [-0.15, -0.1) is 0 Å². The molecule has 0 aliphatic rings. The van der Waals surface area contributed by atoms with E-state index < -0.39 is 0 Å². The molecule has 20 heavy (non-hydrogen) atoms. The van der Waals surface area contributed by atoms with Crippen molar-refractivity contribution < 1.29 is 14.6 Å². The molecule has 0 unspecified atom stereocenters. The van der Waals surface area contributed by atoms with Crippen LogP contribution in [0.2, 0.25) is 0 Å². The smallest absolute Gasteiger partial charge is 0.125 e. The van der Waals surface area contributed by atoms with Crippen molar-refractivity contribution in [1.29, 1.82) is 0 Å². The molecule has 0 aliphatic heterocycles. The lowest BCUT2D eigenvalue weighted by Gasteiger charge is -2.14. The maximum absolute atomic E-state index is 8.62. The van der Waals surface area contributed by atoms with Crippen LogP contribution in [0.3, 0.4) is 0 Å². The van der Waals surface area contributed by atoms with Crippen LogP contribution in [0.4, 0.5) is 0 Å². The summed E-state index contributed by atoms with van der Waals surface area (Å²) in [5, 5.41) is 12.0. The summed E-state index contributed by atoms with van der Waals surface area (Å²) in [5.74, 6) is 0.942. The summed E-state index contributed by atoms with van der Waals surface area (Å²) >= 11 is 0. The quantitative estimate of drug-likeness (QED) is 0.646. The molecule has 1 rings (SSSR count). The Labute approximate surface area is 122 Å². The molecule has 0 saturated heterocycles. The van der Waals surface area contributed by atoms with Gasteiger partial charge in [0, 0.05) is 6.54 Å². The number of aryl methyl sites for hydroxylation is 2. The van der Waals surface area contributed by atoms with E-state index in [1.165, 1.54) is 5.56 Å². The molecule has 0 saturated carbocycles. The normalized spacial score (nSPS) is 10.8. The summed E-state index contributed by atoms with van der Waals surface area (Å²) in [7, 11) is 0. The van der Waals surface area contributed by atoms with Crippen LogP contribution in [0.1, 0.15) is 30.0 Å². The van der Waals surface area contributed by atoms with E-state index in [0.29, 0.717) is 19.8 Å². The molecular weight excluding hydrogens is 254 g/mol. The number of hydrogen-bond donors (Lipinski definition) is 2. The highest BCUT2D eigenvalue weighted by molar-refractivity contribution is 5.43. The lowest BCUT2D eigenvalue weighted by atomic mass is 10.1. The van der Waals surface area contributed by atoms with E-state index >= 15 is 0 Å². The molecule has 1 aromatic carbocycles. The SMILES string of the molecule is CCCNCc1cc(C)c(OCCOCCO)c(C)c1. The highest BCUT2D eigenvalue weighted by Gasteiger charge is 2.06. The lowest BCUT2D eigenvalue weighted by Crippen LogP contribution is -2.14.